The summed E-state index contributed by atoms with van der Waals surface area (Å²) in [5.74, 6) is 0. The molecule has 0 spiro atoms. The molecule has 0 saturated carbocycles. The summed E-state index contributed by atoms with van der Waals surface area (Å²) in [6, 6.07) is 0.462. The predicted octanol–water partition coefficient (Wildman–Crippen LogP) is 3.18. The second-order valence-electron chi connectivity index (χ2n) is 7.29. The number of ether oxygens (including phenoxy) is 1. The van der Waals surface area contributed by atoms with E-state index in [0.29, 0.717) is 6.04 Å². The molecule has 1 aliphatic heterocycles. The van der Waals surface area contributed by atoms with Gasteiger partial charge in [0.2, 0.25) is 0 Å². The zero-order valence-corrected chi connectivity index (χ0v) is 15.2. The molecule has 0 aromatic carbocycles. The largest absolute Gasteiger partial charge is 0.372 e. The van der Waals surface area contributed by atoms with Gasteiger partial charge >= 0.3 is 0 Å². The van der Waals surface area contributed by atoms with Crippen LogP contribution in [0.1, 0.15) is 56.1 Å². The number of aryl methyl sites for hydroxylation is 1. The molecule has 0 aliphatic carbocycles. The van der Waals surface area contributed by atoms with Gasteiger partial charge in [0, 0.05) is 37.0 Å². The molecule has 2 atom stereocenters. The zero-order valence-electron chi connectivity index (χ0n) is 14.4. The topological polar surface area (TPSA) is 52.0 Å². The fraction of sp³-hybridized carbons (Fsp3) is 0.647. The number of hydrogen-bond donors (Lipinski definition) is 1. The summed E-state index contributed by atoms with van der Waals surface area (Å²) in [5.41, 5.74) is 2.43. The van der Waals surface area contributed by atoms with Crippen molar-refractivity contribution in [2.45, 2.75) is 57.7 Å². The van der Waals surface area contributed by atoms with Crippen LogP contribution in [0.25, 0.3) is 0 Å². The smallest absolute Gasteiger partial charge is 0.100 e. The minimum atomic E-state index is 0.131. The van der Waals surface area contributed by atoms with Gasteiger partial charge in [0.05, 0.1) is 28.9 Å². The fourth-order valence-corrected chi connectivity index (χ4v) is 3.75. The lowest BCUT2D eigenvalue weighted by Crippen LogP contribution is -2.36. The van der Waals surface area contributed by atoms with E-state index in [0.717, 1.165) is 37.4 Å². The Hall–Kier alpha value is -1.24. The summed E-state index contributed by atoms with van der Waals surface area (Å²) >= 11 is 1.76. The molecule has 3 rings (SSSR count). The highest BCUT2D eigenvalue weighted by Gasteiger charge is 2.26. The van der Waals surface area contributed by atoms with Crippen LogP contribution in [0.5, 0.6) is 0 Å². The van der Waals surface area contributed by atoms with Gasteiger partial charge in [-0.1, -0.05) is 20.8 Å². The molecule has 0 bridgehead atoms. The summed E-state index contributed by atoms with van der Waals surface area (Å²) < 4.78 is 7.96. The fourth-order valence-electron chi connectivity index (χ4n) is 2.85. The van der Waals surface area contributed by atoms with Gasteiger partial charge in [0.25, 0.3) is 0 Å². The number of aromatic nitrogens is 3. The maximum absolute atomic E-state index is 5.92. The third kappa shape index (κ3) is 4.00. The molecule has 23 heavy (non-hydrogen) atoms. The number of nitrogens with one attached hydrogen (secondary N) is 1. The van der Waals surface area contributed by atoms with Gasteiger partial charge in [-0.3, -0.25) is 0 Å². The molecule has 126 valence electrons. The maximum atomic E-state index is 5.92. The van der Waals surface area contributed by atoms with Crippen LogP contribution in [0.3, 0.4) is 0 Å². The van der Waals surface area contributed by atoms with Crippen LogP contribution < -0.4 is 5.32 Å². The van der Waals surface area contributed by atoms with E-state index in [2.05, 4.69) is 36.5 Å². The van der Waals surface area contributed by atoms with Crippen molar-refractivity contribution in [1.29, 1.82) is 0 Å². The number of rotatable bonds is 4. The molecule has 5 nitrogen and oxygen atoms in total. The van der Waals surface area contributed by atoms with Gasteiger partial charge in [-0.25, -0.2) is 9.97 Å². The summed E-state index contributed by atoms with van der Waals surface area (Å²) in [6.45, 7) is 8.24. The van der Waals surface area contributed by atoms with Crippen LogP contribution in [0.4, 0.5) is 0 Å². The van der Waals surface area contributed by atoms with Crippen molar-refractivity contribution in [3.05, 3.63) is 34.3 Å². The van der Waals surface area contributed by atoms with Crippen molar-refractivity contribution in [2.24, 2.45) is 7.05 Å². The van der Waals surface area contributed by atoms with Gasteiger partial charge in [-0.05, 0) is 12.8 Å². The number of imidazole rings is 1. The molecular weight excluding hydrogens is 308 g/mol. The Morgan fingerprint density at radius 2 is 2.26 bits per heavy atom. The molecule has 3 heterocycles. The Balaban J connectivity index is 1.56. The molecule has 1 fully saturated rings. The Labute approximate surface area is 142 Å². The summed E-state index contributed by atoms with van der Waals surface area (Å²) in [5, 5.41) is 7.02. The van der Waals surface area contributed by atoms with Crippen LogP contribution in [0.15, 0.2) is 17.9 Å². The second-order valence-corrected chi connectivity index (χ2v) is 8.14. The average Bonchev–Trinajstić information content (AvgIpc) is 3.14. The normalized spacial score (nSPS) is 22.4. The standard InChI is InChI=1S/C17H26N4OS/c1-17(2,3)16-20-13(10-23-16)8-19-12-5-6-22-15(7-12)14-9-18-11-21(14)4/h9-12,15,19H,5-8H2,1-4H3/t12-,15+/m1/s1. The molecule has 6 heteroatoms. The van der Waals surface area contributed by atoms with Gasteiger partial charge < -0.3 is 14.6 Å². The van der Waals surface area contributed by atoms with E-state index in [1.165, 1.54) is 5.01 Å². The Kier molecular flexibility index (Phi) is 4.85. The first-order valence-corrected chi connectivity index (χ1v) is 9.07. The van der Waals surface area contributed by atoms with Crippen LogP contribution in [-0.2, 0) is 23.7 Å². The predicted molar refractivity (Wildman–Crippen MR) is 92.6 cm³/mol. The lowest BCUT2D eigenvalue weighted by atomic mass is 9.98. The molecule has 0 unspecified atom stereocenters. The first-order chi connectivity index (χ1) is 10.9. The molecular formula is C17H26N4OS. The third-order valence-corrected chi connectivity index (χ3v) is 5.55. The third-order valence-electron chi connectivity index (χ3n) is 4.23. The zero-order chi connectivity index (χ0) is 16.4. The molecule has 0 amide bonds. The van der Waals surface area contributed by atoms with Gasteiger partial charge in [0.15, 0.2) is 0 Å². The first-order valence-electron chi connectivity index (χ1n) is 8.19. The van der Waals surface area contributed by atoms with E-state index in [4.69, 9.17) is 9.72 Å². The van der Waals surface area contributed by atoms with E-state index in [9.17, 15) is 0 Å². The van der Waals surface area contributed by atoms with Gasteiger partial charge in [-0.15, -0.1) is 11.3 Å². The SMILES string of the molecule is Cn1cncc1[C@@H]1C[C@H](NCc2csc(C(C)(C)C)n2)CCO1. The average molecular weight is 334 g/mol. The Morgan fingerprint density at radius 1 is 1.43 bits per heavy atom. The Bertz CT molecular complexity index is 643. The summed E-state index contributed by atoms with van der Waals surface area (Å²) in [6.07, 6.45) is 5.90. The van der Waals surface area contributed by atoms with E-state index >= 15 is 0 Å². The van der Waals surface area contributed by atoms with E-state index in [-0.39, 0.29) is 11.5 Å². The van der Waals surface area contributed by atoms with Crippen molar-refractivity contribution in [3.8, 4) is 0 Å². The van der Waals surface area contributed by atoms with Gasteiger partial charge in [0.1, 0.15) is 6.10 Å². The molecule has 2 aromatic rings. The molecule has 0 radical (unpaired) electrons. The Morgan fingerprint density at radius 3 is 2.91 bits per heavy atom. The quantitative estimate of drug-likeness (QED) is 0.933. The van der Waals surface area contributed by atoms with Crippen molar-refractivity contribution in [2.75, 3.05) is 6.61 Å². The van der Waals surface area contributed by atoms with Crippen LogP contribution >= 0.6 is 11.3 Å². The van der Waals surface area contributed by atoms with Crippen LogP contribution in [0.2, 0.25) is 0 Å². The highest BCUT2D eigenvalue weighted by molar-refractivity contribution is 7.09. The molecule has 1 N–H and O–H groups in total. The minimum Gasteiger partial charge on any atom is -0.372 e. The number of nitrogens with zero attached hydrogens (tertiary/aromatic N) is 3. The highest BCUT2D eigenvalue weighted by Crippen LogP contribution is 2.28. The highest BCUT2D eigenvalue weighted by atomic mass is 32.1. The van der Waals surface area contributed by atoms with Crippen LogP contribution in [0, 0.1) is 0 Å². The van der Waals surface area contributed by atoms with Crippen molar-refractivity contribution in [3.63, 3.8) is 0 Å². The molecule has 1 aliphatic rings. The van der Waals surface area contributed by atoms with Crippen molar-refractivity contribution in [1.82, 2.24) is 19.9 Å². The summed E-state index contributed by atoms with van der Waals surface area (Å²) in [4.78, 5) is 8.95. The molecule has 2 aromatic heterocycles. The lowest BCUT2D eigenvalue weighted by molar-refractivity contribution is -0.00408. The van der Waals surface area contributed by atoms with E-state index in [1.807, 2.05) is 24.1 Å². The summed E-state index contributed by atoms with van der Waals surface area (Å²) in [7, 11) is 2.02. The van der Waals surface area contributed by atoms with Crippen molar-refractivity contribution < 1.29 is 4.74 Å². The van der Waals surface area contributed by atoms with E-state index in [1.54, 1.807) is 11.3 Å². The second kappa shape index (κ2) is 6.71. The van der Waals surface area contributed by atoms with E-state index < -0.39 is 0 Å². The monoisotopic (exact) mass is 334 g/mol. The lowest BCUT2D eigenvalue weighted by Gasteiger charge is -2.30. The molecule has 1 saturated heterocycles. The maximum Gasteiger partial charge on any atom is 0.100 e. The van der Waals surface area contributed by atoms with Crippen molar-refractivity contribution >= 4 is 11.3 Å². The van der Waals surface area contributed by atoms with Gasteiger partial charge in [-0.2, -0.15) is 0 Å². The number of hydrogen-bond acceptors (Lipinski definition) is 5. The first kappa shape index (κ1) is 16.6. The van der Waals surface area contributed by atoms with Crippen LogP contribution in [-0.4, -0.2) is 27.2 Å². The minimum absolute atomic E-state index is 0.131. The number of thiazole rings is 1.